The highest BCUT2D eigenvalue weighted by molar-refractivity contribution is 5.98. The molecule has 1 fully saturated rings. The second-order valence-electron chi connectivity index (χ2n) is 16.1. The van der Waals surface area contributed by atoms with Crippen molar-refractivity contribution in [2.45, 2.75) is 102 Å². The van der Waals surface area contributed by atoms with Gasteiger partial charge in [0.25, 0.3) is 0 Å². The van der Waals surface area contributed by atoms with Gasteiger partial charge in [0.15, 0.2) is 41.3 Å². The van der Waals surface area contributed by atoms with Crippen LogP contribution >= 0.6 is 0 Å². The maximum Gasteiger partial charge on any atom is 0.344 e. The summed E-state index contributed by atoms with van der Waals surface area (Å²) in [5.74, 6) is -4.55. The minimum absolute atomic E-state index is 0.0114. The van der Waals surface area contributed by atoms with Gasteiger partial charge in [-0.1, -0.05) is 44.2 Å². The van der Waals surface area contributed by atoms with Gasteiger partial charge in [0.05, 0.1) is 25.0 Å². The Balaban J connectivity index is 1.38. The number of hydrogen-bond acceptors (Lipinski definition) is 16. The molecule has 3 aliphatic rings. The number of guanidine groups is 1. The van der Waals surface area contributed by atoms with Gasteiger partial charge < -0.3 is 80.5 Å². The quantitative estimate of drug-likeness (QED) is 0.0511. The third kappa shape index (κ3) is 9.07. The number of aliphatic hydroxyl groups excluding tert-OH is 4. The minimum atomic E-state index is -2.43. The monoisotopic (exact) mass is 868 g/mol. The van der Waals surface area contributed by atoms with E-state index in [4.69, 9.17) is 34.2 Å². The molecule has 11 N–H and O–H groups in total. The predicted molar refractivity (Wildman–Crippen MR) is 222 cm³/mol. The van der Waals surface area contributed by atoms with Gasteiger partial charge in [-0.15, -0.1) is 0 Å². The van der Waals surface area contributed by atoms with Crippen molar-refractivity contribution < 1.29 is 73.8 Å². The number of carbonyl (C=O) groups excluding carboxylic acids is 1. The lowest BCUT2D eigenvalue weighted by Gasteiger charge is -2.50. The molecule has 338 valence electrons. The third-order valence-corrected chi connectivity index (χ3v) is 11.7. The van der Waals surface area contributed by atoms with Gasteiger partial charge in [-0.25, -0.2) is 9.59 Å². The Morgan fingerprint density at radius 2 is 1.76 bits per heavy atom. The Kier molecular flexibility index (Phi) is 14.1. The number of aliphatic hydroxyl groups is 4. The van der Waals surface area contributed by atoms with Crippen molar-refractivity contribution in [3.05, 3.63) is 64.2 Å². The van der Waals surface area contributed by atoms with Crippen LogP contribution in [0.1, 0.15) is 77.4 Å². The van der Waals surface area contributed by atoms with Crippen molar-refractivity contribution in [3.63, 3.8) is 0 Å². The molecule has 1 spiro atoms. The van der Waals surface area contributed by atoms with Gasteiger partial charge in [-0.3, -0.25) is 4.99 Å². The van der Waals surface area contributed by atoms with Crippen LogP contribution in [-0.2, 0) is 28.7 Å². The normalized spacial score (nSPS) is 26.2. The van der Waals surface area contributed by atoms with Gasteiger partial charge >= 0.3 is 11.9 Å². The molecule has 0 unspecified atom stereocenters. The first kappa shape index (κ1) is 45.8. The van der Waals surface area contributed by atoms with Gasteiger partial charge in [-0.2, -0.15) is 0 Å². The maximum atomic E-state index is 13.9. The Bertz CT molecular complexity index is 2140. The van der Waals surface area contributed by atoms with Crippen LogP contribution in [0.3, 0.4) is 0 Å². The van der Waals surface area contributed by atoms with E-state index in [0.717, 1.165) is 12.0 Å². The summed E-state index contributed by atoms with van der Waals surface area (Å²) >= 11 is 0. The molecule has 19 nitrogen and oxygen atoms in total. The number of nitrogens with two attached hydrogens (primary N) is 1. The smallest absolute Gasteiger partial charge is 0.344 e. The molecule has 6 rings (SSSR count). The highest BCUT2D eigenvalue weighted by Gasteiger charge is 2.60. The summed E-state index contributed by atoms with van der Waals surface area (Å²) in [5, 5.41) is 85.2. The molecule has 8 atom stereocenters. The summed E-state index contributed by atoms with van der Waals surface area (Å²) < 4.78 is 35.3. The number of aliphatic imine (C=N–C) groups is 1. The minimum Gasteiger partial charge on any atom is -0.504 e. The number of carboxylic acid groups (broad SMARTS) is 1. The zero-order chi connectivity index (χ0) is 45.0. The zero-order valence-corrected chi connectivity index (χ0v) is 35.2. The van der Waals surface area contributed by atoms with E-state index in [1.165, 1.54) is 20.2 Å². The topological polar surface area (TPSA) is 294 Å². The number of cyclic esters (lactones) is 1. The number of carboxylic acids is 1. The maximum absolute atomic E-state index is 13.9. The van der Waals surface area contributed by atoms with E-state index in [-0.39, 0.29) is 78.2 Å². The average Bonchev–Trinajstić information content (AvgIpc) is 3.39. The van der Waals surface area contributed by atoms with E-state index in [0.29, 0.717) is 24.3 Å². The van der Waals surface area contributed by atoms with Crippen LogP contribution in [0.4, 0.5) is 5.69 Å². The molecule has 3 aromatic rings. The number of aromatic hydroxyl groups is 2. The fourth-order valence-corrected chi connectivity index (χ4v) is 8.40. The van der Waals surface area contributed by atoms with Crippen LogP contribution < -0.4 is 35.3 Å². The molecule has 0 saturated carbocycles. The van der Waals surface area contributed by atoms with Crippen LogP contribution in [0.5, 0.6) is 34.5 Å². The number of phenols is 2. The standard InChI is InChI=1S/C43H56N4O15/c1-20(2)17-23-11-12-25-29(47-21(23)3)26(38(53)54)18-27(59-19-46-42(44)45-4)34(25)60-40-32(50)31(49)37(52)43(62-40)15-13-24-28(39(55)61-41(43)56)30(48)36(33(51)35(24)57-5)58-16-14-22-9-7-6-8-10-22/h6-10,18,20-21,23,31-32,37,40-41,47-52,56H,11-17,19H2,1-5H3,(H,53,54)(H3,44,45,46)/t21-,23-,31-,32-,37+,40-,41-,43+/m1/s1. The first-order valence-electron chi connectivity index (χ1n) is 20.4. The number of esters is 1. The Morgan fingerprint density at radius 3 is 2.42 bits per heavy atom. The third-order valence-electron chi connectivity index (χ3n) is 11.7. The molecular formula is C43H56N4O15. The van der Waals surface area contributed by atoms with Crippen molar-refractivity contribution in [2.75, 3.05) is 32.8 Å². The van der Waals surface area contributed by atoms with E-state index in [1.54, 1.807) is 0 Å². The number of anilines is 1. The van der Waals surface area contributed by atoms with E-state index < -0.39 is 77.7 Å². The van der Waals surface area contributed by atoms with Crippen molar-refractivity contribution in [2.24, 2.45) is 22.6 Å². The fraction of sp³-hybridized carbons (Fsp3) is 0.512. The van der Waals surface area contributed by atoms with Crippen molar-refractivity contribution in [3.8, 4) is 34.5 Å². The number of rotatable bonds is 13. The molecule has 0 aromatic heterocycles. The summed E-state index contributed by atoms with van der Waals surface area (Å²) in [5.41, 5.74) is 4.11. The second kappa shape index (κ2) is 19.1. The van der Waals surface area contributed by atoms with Gasteiger partial charge in [0.2, 0.25) is 24.1 Å². The molecule has 0 bridgehead atoms. The predicted octanol–water partition coefficient (Wildman–Crippen LogP) is 2.38. The van der Waals surface area contributed by atoms with Crippen molar-refractivity contribution in [1.29, 1.82) is 0 Å². The molecule has 3 heterocycles. The molecule has 19 heteroatoms. The zero-order valence-electron chi connectivity index (χ0n) is 35.2. The number of carbonyl (C=O) groups is 2. The van der Waals surface area contributed by atoms with E-state index in [1.807, 2.05) is 37.3 Å². The Morgan fingerprint density at radius 1 is 1.03 bits per heavy atom. The van der Waals surface area contributed by atoms with Crippen LogP contribution in [0, 0.1) is 11.8 Å². The molecule has 1 saturated heterocycles. The number of nitrogens with one attached hydrogen (secondary N) is 2. The lowest BCUT2D eigenvalue weighted by molar-refractivity contribution is -0.357. The fourth-order valence-electron chi connectivity index (χ4n) is 8.40. The van der Waals surface area contributed by atoms with Gasteiger partial charge in [0, 0.05) is 36.7 Å². The van der Waals surface area contributed by atoms with Gasteiger partial charge in [0.1, 0.15) is 23.9 Å². The highest BCUT2D eigenvalue weighted by Crippen LogP contribution is 2.52. The van der Waals surface area contributed by atoms with Crippen LogP contribution in [0.25, 0.3) is 0 Å². The number of phenolic OH excluding ortho intramolecular Hbond substituents is 2. The largest absolute Gasteiger partial charge is 0.504 e. The van der Waals surface area contributed by atoms with Crippen LogP contribution in [0.15, 0.2) is 41.4 Å². The van der Waals surface area contributed by atoms with Crippen molar-refractivity contribution in [1.82, 2.24) is 5.32 Å². The molecule has 0 amide bonds. The van der Waals surface area contributed by atoms with Crippen molar-refractivity contribution >= 4 is 23.6 Å². The first-order chi connectivity index (χ1) is 29.5. The molecule has 0 aliphatic carbocycles. The number of aromatic carboxylic acids is 1. The molecule has 0 radical (unpaired) electrons. The number of benzene rings is 3. The summed E-state index contributed by atoms with van der Waals surface area (Å²) in [7, 11) is 2.66. The second-order valence-corrected chi connectivity index (χ2v) is 16.1. The Labute approximate surface area is 358 Å². The molecule has 3 aromatic carbocycles. The summed E-state index contributed by atoms with van der Waals surface area (Å²) in [6, 6.07) is 10.3. The SMILES string of the molecule is CN=C(N)NCOc1cc(C(=O)O)c2c(c1O[C@@H]1O[C@@]3(CCc4c(OC)c(O)c(OCCc5ccccc5)c(O)c4C(=O)O[C@H]3O)[C@@H](O)[C@H](O)[C@H]1O)CC[C@H](CC(C)C)[C@@H](C)N2. The van der Waals surface area contributed by atoms with Crippen LogP contribution in [-0.4, -0.2) is 124 Å². The number of methoxy groups -OCH3 is 1. The summed E-state index contributed by atoms with van der Waals surface area (Å²) in [6.45, 7) is 5.80. The molecule has 3 aliphatic heterocycles. The average molecular weight is 869 g/mol. The van der Waals surface area contributed by atoms with E-state index in [9.17, 15) is 45.3 Å². The number of fused-ring (bicyclic) bond motifs is 2. The lowest BCUT2D eigenvalue weighted by Crippen LogP contribution is -2.70. The van der Waals surface area contributed by atoms with Crippen LogP contribution in [0.2, 0.25) is 0 Å². The van der Waals surface area contributed by atoms with Gasteiger partial charge in [-0.05, 0) is 56.4 Å². The number of ether oxygens (including phenoxy) is 6. The number of nitrogens with zero attached hydrogens (tertiary/aromatic N) is 1. The lowest BCUT2D eigenvalue weighted by atomic mass is 9.80. The Hall–Kier alpha value is -5.73. The molecular weight excluding hydrogens is 812 g/mol. The summed E-state index contributed by atoms with van der Waals surface area (Å²) in [6.07, 6.45) is -9.32. The number of hydrogen-bond donors (Lipinski definition) is 10. The highest BCUT2D eigenvalue weighted by atomic mass is 16.7. The molecule has 62 heavy (non-hydrogen) atoms. The van der Waals surface area contributed by atoms with E-state index in [2.05, 4.69) is 29.5 Å². The van der Waals surface area contributed by atoms with E-state index >= 15 is 0 Å². The summed E-state index contributed by atoms with van der Waals surface area (Å²) in [4.78, 5) is 30.5. The first-order valence-corrected chi connectivity index (χ1v) is 20.4.